The number of hydrogen-bond acceptors (Lipinski definition) is 3. The largest absolute Gasteiger partial charge is 0.452 e. The fourth-order valence-electron chi connectivity index (χ4n) is 1.99. The highest BCUT2D eigenvalue weighted by molar-refractivity contribution is 5.94. The van der Waals surface area contributed by atoms with Crippen LogP contribution in [0.4, 0.5) is 10.1 Å². The third-order valence-corrected chi connectivity index (χ3v) is 3.26. The van der Waals surface area contributed by atoms with Crippen molar-refractivity contribution < 1.29 is 18.7 Å². The average Bonchev–Trinajstić information content (AvgIpc) is 2.54. The number of rotatable bonds is 5. The van der Waals surface area contributed by atoms with Crippen LogP contribution in [-0.4, -0.2) is 18.5 Å². The second-order valence-corrected chi connectivity index (χ2v) is 5.37. The van der Waals surface area contributed by atoms with E-state index in [1.54, 1.807) is 25.1 Å². The van der Waals surface area contributed by atoms with Crippen LogP contribution in [0.15, 0.2) is 48.5 Å². The van der Waals surface area contributed by atoms with E-state index in [4.69, 9.17) is 4.74 Å². The zero-order valence-electron chi connectivity index (χ0n) is 13.5. The minimum Gasteiger partial charge on any atom is -0.452 e. The molecule has 0 saturated carbocycles. The molecule has 124 valence electrons. The third kappa shape index (κ3) is 5.35. The molecule has 1 N–H and O–H groups in total. The maximum Gasteiger partial charge on any atom is 0.331 e. The van der Waals surface area contributed by atoms with Crippen LogP contribution in [0.3, 0.4) is 0 Å². The van der Waals surface area contributed by atoms with Gasteiger partial charge >= 0.3 is 5.97 Å². The lowest BCUT2D eigenvalue weighted by Gasteiger charge is -2.06. The van der Waals surface area contributed by atoms with Crippen molar-refractivity contribution in [3.8, 4) is 0 Å². The Bertz CT molecular complexity index is 784. The van der Waals surface area contributed by atoms with E-state index in [0.29, 0.717) is 11.3 Å². The van der Waals surface area contributed by atoms with E-state index in [1.807, 2.05) is 31.2 Å². The number of ether oxygens (including phenoxy) is 1. The van der Waals surface area contributed by atoms with Gasteiger partial charge in [0, 0.05) is 11.8 Å². The van der Waals surface area contributed by atoms with Crippen LogP contribution >= 0.6 is 0 Å². The Morgan fingerprint density at radius 2 is 1.96 bits per heavy atom. The van der Waals surface area contributed by atoms with E-state index < -0.39 is 24.3 Å². The molecule has 0 heterocycles. The first-order valence-electron chi connectivity index (χ1n) is 7.41. The molecule has 4 nitrogen and oxygen atoms in total. The van der Waals surface area contributed by atoms with Crippen molar-refractivity contribution >= 4 is 23.6 Å². The van der Waals surface area contributed by atoms with Crippen LogP contribution < -0.4 is 5.32 Å². The minimum atomic E-state index is -0.623. The normalized spacial score (nSPS) is 10.6. The molecule has 1 amide bonds. The number of nitrogens with one attached hydrogen (secondary N) is 1. The van der Waals surface area contributed by atoms with Crippen molar-refractivity contribution in [2.75, 3.05) is 11.9 Å². The molecule has 0 unspecified atom stereocenters. The molecule has 0 spiro atoms. The molecule has 0 bridgehead atoms. The molecule has 0 aliphatic rings. The number of aryl methyl sites for hydroxylation is 2. The minimum absolute atomic E-state index is 0.314. The Morgan fingerprint density at radius 3 is 2.67 bits per heavy atom. The first-order valence-corrected chi connectivity index (χ1v) is 7.41. The number of amides is 1. The number of esters is 1. The lowest BCUT2D eigenvalue weighted by molar-refractivity contribution is -0.142. The van der Waals surface area contributed by atoms with Crippen molar-refractivity contribution in [3.05, 3.63) is 71.0 Å². The van der Waals surface area contributed by atoms with Gasteiger partial charge in [0.2, 0.25) is 0 Å². The van der Waals surface area contributed by atoms with E-state index in [9.17, 15) is 14.0 Å². The van der Waals surface area contributed by atoms with E-state index in [2.05, 4.69) is 5.32 Å². The van der Waals surface area contributed by atoms with Gasteiger partial charge in [-0.15, -0.1) is 0 Å². The predicted octanol–water partition coefficient (Wildman–Crippen LogP) is 3.64. The number of benzene rings is 2. The highest BCUT2D eigenvalue weighted by atomic mass is 19.1. The van der Waals surface area contributed by atoms with Gasteiger partial charge in [0.25, 0.3) is 5.91 Å². The Morgan fingerprint density at radius 1 is 1.17 bits per heavy atom. The summed E-state index contributed by atoms with van der Waals surface area (Å²) in [6, 6.07) is 12.0. The van der Waals surface area contributed by atoms with E-state index >= 15 is 0 Å². The van der Waals surface area contributed by atoms with Gasteiger partial charge in [0.1, 0.15) is 5.82 Å². The van der Waals surface area contributed by atoms with Crippen LogP contribution in [0.5, 0.6) is 0 Å². The summed E-state index contributed by atoms with van der Waals surface area (Å²) >= 11 is 0. The van der Waals surface area contributed by atoms with E-state index in [-0.39, 0.29) is 0 Å². The summed E-state index contributed by atoms with van der Waals surface area (Å²) in [4.78, 5) is 23.3. The monoisotopic (exact) mass is 327 g/mol. The molecule has 0 fully saturated rings. The Kier molecular flexibility index (Phi) is 5.84. The van der Waals surface area contributed by atoms with Gasteiger partial charge in [-0.3, -0.25) is 4.79 Å². The molecule has 0 aromatic heterocycles. The molecule has 0 aliphatic carbocycles. The van der Waals surface area contributed by atoms with Crippen molar-refractivity contribution in [2.45, 2.75) is 13.8 Å². The molecule has 2 rings (SSSR count). The van der Waals surface area contributed by atoms with Gasteiger partial charge in [-0.05, 0) is 43.2 Å². The molecule has 0 saturated heterocycles. The van der Waals surface area contributed by atoms with Crippen molar-refractivity contribution in [1.29, 1.82) is 0 Å². The van der Waals surface area contributed by atoms with Gasteiger partial charge in [0.15, 0.2) is 6.61 Å². The van der Waals surface area contributed by atoms with Gasteiger partial charge in [-0.2, -0.15) is 0 Å². The topological polar surface area (TPSA) is 55.4 Å². The van der Waals surface area contributed by atoms with Gasteiger partial charge in [0.05, 0.1) is 0 Å². The van der Waals surface area contributed by atoms with Crippen LogP contribution in [0.2, 0.25) is 0 Å². The second-order valence-electron chi connectivity index (χ2n) is 5.37. The average molecular weight is 327 g/mol. The van der Waals surface area contributed by atoms with Crippen molar-refractivity contribution in [1.82, 2.24) is 0 Å². The quantitative estimate of drug-likeness (QED) is 0.674. The van der Waals surface area contributed by atoms with Crippen molar-refractivity contribution in [3.63, 3.8) is 0 Å². The molecule has 5 heteroatoms. The number of hydrogen-bond donors (Lipinski definition) is 1. The van der Waals surface area contributed by atoms with Gasteiger partial charge < -0.3 is 10.1 Å². The molecule has 2 aromatic rings. The molecule has 0 aliphatic heterocycles. The SMILES string of the molecule is Cc1cccc(/C=C/C(=O)OCC(=O)Nc2ccc(C)c(F)c2)c1. The van der Waals surface area contributed by atoms with Crippen LogP contribution in [0.1, 0.15) is 16.7 Å². The van der Waals surface area contributed by atoms with Crippen LogP contribution in [0, 0.1) is 19.7 Å². The zero-order valence-corrected chi connectivity index (χ0v) is 13.5. The molecule has 0 atom stereocenters. The molecule has 0 radical (unpaired) electrons. The molecule has 2 aromatic carbocycles. The Hall–Kier alpha value is -2.95. The summed E-state index contributed by atoms with van der Waals surface area (Å²) in [5, 5.41) is 2.47. The summed E-state index contributed by atoms with van der Waals surface area (Å²) in [6.07, 6.45) is 2.87. The summed E-state index contributed by atoms with van der Waals surface area (Å²) in [5.41, 5.74) is 2.75. The standard InChI is InChI=1S/C19H18FNO3/c1-13-4-3-5-15(10-13)7-9-19(23)24-12-18(22)21-16-8-6-14(2)17(20)11-16/h3-11H,12H2,1-2H3,(H,21,22)/b9-7+. The number of halogens is 1. The van der Waals surface area contributed by atoms with Gasteiger partial charge in [-0.25, -0.2) is 9.18 Å². The summed E-state index contributed by atoms with van der Waals surface area (Å²) < 4.78 is 18.2. The zero-order chi connectivity index (χ0) is 17.5. The Labute approximate surface area is 140 Å². The smallest absolute Gasteiger partial charge is 0.331 e. The lowest BCUT2D eigenvalue weighted by Crippen LogP contribution is -2.20. The first-order chi connectivity index (χ1) is 11.4. The number of anilines is 1. The fourth-order valence-corrected chi connectivity index (χ4v) is 1.99. The summed E-state index contributed by atoms with van der Waals surface area (Å²) in [6.45, 7) is 3.14. The van der Waals surface area contributed by atoms with Crippen LogP contribution in [0.25, 0.3) is 6.08 Å². The first kappa shape index (κ1) is 17.4. The third-order valence-electron chi connectivity index (χ3n) is 3.26. The number of carbonyl (C=O) groups is 2. The lowest BCUT2D eigenvalue weighted by atomic mass is 10.1. The number of carbonyl (C=O) groups excluding carboxylic acids is 2. The maximum atomic E-state index is 13.4. The highest BCUT2D eigenvalue weighted by Crippen LogP contribution is 2.13. The van der Waals surface area contributed by atoms with E-state index in [1.165, 1.54) is 12.1 Å². The Balaban J connectivity index is 1.82. The second kappa shape index (κ2) is 8.06. The highest BCUT2D eigenvalue weighted by Gasteiger charge is 2.07. The van der Waals surface area contributed by atoms with Crippen LogP contribution in [-0.2, 0) is 14.3 Å². The van der Waals surface area contributed by atoms with E-state index in [0.717, 1.165) is 11.1 Å². The predicted molar refractivity (Wildman–Crippen MR) is 90.9 cm³/mol. The maximum absolute atomic E-state index is 13.4. The summed E-state index contributed by atoms with van der Waals surface area (Å²) in [7, 11) is 0. The molecular formula is C19H18FNO3. The van der Waals surface area contributed by atoms with Crippen molar-refractivity contribution in [2.24, 2.45) is 0 Å². The fraction of sp³-hybridized carbons (Fsp3) is 0.158. The van der Waals surface area contributed by atoms with Gasteiger partial charge in [-0.1, -0.05) is 35.9 Å². The molecule has 24 heavy (non-hydrogen) atoms. The summed E-state index contributed by atoms with van der Waals surface area (Å²) in [5.74, 6) is -1.57. The molecular weight excluding hydrogens is 309 g/mol.